The molecular formula is C12H9Cl2FS. The first-order valence-corrected chi connectivity index (χ1v) is 6.36. The number of alkyl halides is 1. The van der Waals surface area contributed by atoms with Gasteiger partial charge in [-0.05, 0) is 36.2 Å². The van der Waals surface area contributed by atoms with Crippen molar-refractivity contribution in [3.05, 3.63) is 56.5 Å². The molecule has 1 atom stereocenters. The fraction of sp³-hybridized carbons (Fsp3) is 0.167. The second-order valence-corrected chi connectivity index (χ2v) is 5.65. The lowest BCUT2D eigenvalue weighted by molar-refractivity contribution is 0.626. The van der Waals surface area contributed by atoms with Crippen LogP contribution in [0.25, 0.3) is 0 Å². The minimum absolute atomic E-state index is 0.275. The van der Waals surface area contributed by atoms with Crippen molar-refractivity contribution in [3.63, 3.8) is 0 Å². The van der Waals surface area contributed by atoms with E-state index in [1.807, 2.05) is 19.1 Å². The smallest absolute Gasteiger partial charge is 0.123 e. The highest BCUT2D eigenvalue weighted by molar-refractivity contribution is 7.16. The van der Waals surface area contributed by atoms with E-state index in [4.69, 9.17) is 23.2 Å². The lowest BCUT2D eigenvalue weighted by Crippen LogP contribution is -1.90. The van der Waals surface area contributed by atoms with Crippen LogP contribution in [-0.2, 0) is 0 Å². The van der Waals surface area contributed by atoms with Gasteiger partial charge in [-0.3, -0.25) is 0 Å². The van der Waals surface area contributed by atoms with Gasteiger partial charge in [0.2, 0.25) is 0 Å². The van der Waals surface area contributed by atoms with Crippen molar-refractivity contribution in [1.29, 1.82) is 0 Å². The Hall–Kier alpha value is -0.570. The molecule has 0 amide bonds. The summed E-state index contributed by atoms with van der Waals surface area (Å²) in [4.78, 5) is 0.940. The van der Waals surface area contributed by atoms with Crippen LogP contribution in [0.4, 0.5) is 4.39 Å². The molecular weight excluding hydrogens is 266 g/mol. The Bertz CT molecular complexity index is 488. The van der Waals surface area contributed by atoms with E-state index in [0.717, 1.165) is 20.3 Å². The second kappa shape index (κ2) is 4.74. The van der Waals surface area contributed by atoms with E-state index in [-0.39, 0.29) is 11.2 Å². The molecule has 0 fully saturated rings. The highest BCUT2D eigenvalue weighted by Crippen LogP contribution is 2.37. The third-order valence-corrected chi connectivity index (χ3v) is 4.50. The predicted molar refractivity (Wildman–Crippen MR) is 68.2 cm³/mol. The summed E-state index contributed by atoms with van der Waals surface area (Å²) in [6.07, 6.45) is 0. The largest absolute Gasteiger partial charge is 0.207 e. The van der Waals surface area contributed by atoms with Gasteiger partial charge < -0.3 is 0 Å². The molecule has 0 bridgehead atoms. The molecule has 0 radical (unpaired) electrons. The van der Waals surface area contributed by atoms with Crippen LogP contribution in [-0.4, -0.2) is 0 Å². The summed E-state index contributed by atoms with van der Waals surface area (Å²) in [6, 6.07) is 8.25. The van der Waals surface area contributed by atoms with Gasteiger partial charge >= 0.3 is 0 Å². The van der Waals surface area contributed by atoms with E-state index in [0.29, 0.717) is 0 Å². The zero-order valence-corrected chi connectivity index (χ0v) is 10.8. The van der Waals surface area contributed by atoms with Gasteiger partial charge in [-0.2, -0.15) is 0 Å². The number of benzene rings is 1. The standard InChI is InChI=1S/C12H9Cl2FS/c1-7-5-10(16-12(7)14)11(13)8-3-2-4-9(15)6-8/h2-6,11H,1H3. The molecule has 0 nitrogen and oxygen atoms in total. The average Bonchev–Trinajstić information content (AvgIpc) is 2.58. The molecule has 2 aromatic rings. The summed E-state index contributed by atoms with van der Waals surface area (Å²) in [7, 11) is 0. The summed E-state index contributed by atoms with van der Waals surface area (Å²) >= 11 is 13.7. The van der Waals surface area contributed by atoms with E-state index in [1.54, 1.807) is 6.07 Å². The first-order valence-electron chi connectivity index (χ1n) is 4.73. The minimum Gasteiger partial charge on any atom is -0.207 e. The summed E-state index contributed by atoms with van der Waals surface area (Å²) in [5.74, 6) is -0.275. The van der Waals surface area contributed by atoms with Crippen molar-refractivity contribution < 1.29 is 4.39 Å². The van der Waals surface area contributed by atoms with Gasteiger partial charge in [0, 0.05) is 4.88 Å². The van der Waals surface area contributed by atoms with Crippen molar-refractivity contribution in [2.24, 2.45) is 0 Å². The lowest BCUT2D eigenvalue weighted by Gasteiger charge is -2.07. The first kappa shape index (κ1) is 11.9. The van der Waals surface area contributed by atoms with Crippen LogP contribution in [0.1, 0.15) is 21.4 Å². The molecule has 0 saturated carbocycles. The topological polar surface area (TPSA) is 0 Å². The maximum absolute atomic E-state index is 13.0. The highest BCUT2D eigenvalue weighted by atomic mass is 35.5. The number of aryl methyl sites for hydroxylation is 1. The van der Waals surface area contributed by atoms with Gasteiger partial charge in [-0.15, -0.1) is 22.9 Å². The van der Waals surface area contributed by atoms with E-state index < -0.39 is 0 Å². The first-order chi connectivity index (χ1) is 7.58. The number of hydrogen-bond donors (Lipinski definition) is 0. The molecule has 1 heterocycles. The molecule has 0 aliphatic heterocycles. The van der Waals surface area contributed by atoms with Crippen LogP contribution >= 0.6 is 34.5 Å². The lowest BCUT2D eigenvalue weighted by atomic mass is 10.1. The number of halogens is 3. The van der Waals surface area contributed by atoms with Crippen LogP contribution in [0.3, 0.4) is 0 Å². The van der Waals surface area contributed by atoms with Gasteiger partial charge in [0.15, 0.2) is 0 Å². The van der Waals surface area contributed by atoms with Gasteiger partial charge in [0.25, 0.3) is 0 Å². The number of hydrogen-bond acceptors (Lipinski definition) is 1. The summed E-state index contributed by atoms with van der Waals surface area (Å²) in [5, 5.41) is -0.341. The van der Waals surface area contributed by atoms with Crippen LogP contribution in [0.15, 0.2) is 30.3 Å². The normalized spacial score (nSPS) is 12.8. The van der Waals surface area contributed by atoms with Crippen molar-refractivity contribution in [1.82, 2.24) is 0 Å². The SMILES string of the molecule is Cc1cc(C(Cl)c2cccc(F)c2)sc1Cl. The van der Waals surface area contributed by atoms with E-state index in [9.17, 15) is 4.39 Å². The molecule has 0 spiro atoms. The Morgan fingerprint density at radius 3 is 2.62 bits per heavy atom. The molecule has 0 N–H and O–H groups in total. The molecule has 1 aromatic heterocycles. The predicted octanol–water partition coefficient (Wildman–Crippen LogP) is 5.18. The molecule has 0 aliphatic carbocycles. The third kappa shape index (κ3) is 2.40. The molecule has 0 aliphatic rings. The molecule has 84 valence electrons. The second-order valence-electron chi connectivity index (χ2n) is 3.52. The summed E-state index contributed by atoms with van der Waals surface area (Å²) < 4.78 is 13.8. The van der Waals surface area contributed by atoms with Gasteiger partial charge in [0.05, 0.1) is 9.71 Å². The Labute approximate surface area is 108 Å². The zero-order chi connectivity index (χ0) is 11.7. The Morgan fingerprint density at radius 2 is 2.06 bits per heavy atom. The number of thiophene rings is 1. The molecule has 1 unspecified atom stereocenters. The molecule has 2 rings (SSSR count). The Balaban J connectivity index is 2.35. The highest BCUT2D eigenvalue weighted by Gasteiger charge is 2.15. The monoisotopic (exact) mass is 274 g/mol. The molecule has 1 aromatic carbocycles. The average molecular weight is 275 g/mol. The van der Waals surface area contributed by atoms with Crippen molar-refractivity contribution in [3.8, 4) is 0 Å². The van der Waals surface area contributed by atoms with Crippen LogP contribution < -0.4 is 0 Å². The maximum atomic E-state index is 13.0. The minimum atomic E-state index is -0.341. The fourth-order valence-corrected chi connectivity index (χ4v) is 2.99. The Kier molecular flexibility index (Phi) is 3.53. The zero-order valence-electron chi connectivity index (χ0n) is 8.51. The van der Waals surface area contributed by atoms with E-state index in [2.05, 4.69) is 0 Å². The quantitative estimate of drug-likeness (QED) is 0.663. The van der Waals surface area contributed by atoms with Crippen LogP contribution in [0.2, 0.25) is 4.34 Å². The summed E-state index contributed by atoms with van der Waals surface area (Å²) in [5.41, 5.74) is 1.75. The van der Waals surface area contributed by atoms with Crippen LogP contribution in [0.5, 0.6) is 0 Å². The molecule has 4 heteroatoms. The third-order valence-electron chi connectivity index (χ3n) is 2.27. The Morgan fingerprint density at radius 1 is 1.31 bits per heavy atom. The van der Waals surface area contributed by atoms with Gasteiger partial charge in [-0.25, -0.2) is 4.39 Å². The number of rotatable bonds is 2. The van der Waals surface area contributed by atoms with Crippen LogP contribution in [0, 0.1) is 12.7 Å². The maximum Gasteiger partial charge on any atom is 0.123 e. The van der Waals surface area contributed by atoms with E-state index in [1.165, 1.54) is 23.5 Å². The fourth-order valence-electron chi connectivity index (χ4n) is 1.44. The van der Waals surface area contributed by atoms with Crippen molar-refractivity contribution in [2.45, 2.75) is 12.3 Å². The molecule has 0 saturated heterocycles. The molecule has 16 heavy (non-hydrogen) atoms. The van der Waals surface area contributed by atoms with Crippen molar-refractivity contribution >= 4 is 34.5 Å². The van der Waals surface area contributed by atoms with E-state index >= 15 is 0 Å². The van der Waals surface area contributed by atoms with Crippen molar-refractivity contribution in [2.75, 3.05) is 0 Å². The van der Waals surface area contributed by atoms with Gasteiger partial charge in [0.1, 0.15) is 5.82 Å². The van der Waals surface area contributed by atoms with Gasteiger partial charge in [-0.1, -0.05) is 23.7 Å². The summed E-state index contributed by atoms with van der Waals surface area (Å²) in [6.45, 7) is 1.93.